The summed E-state index contributed by atoms with van der Waals surface area (Å²) < 4.78 is 6.52. The predicted molar refractivity (Wildman–Crippen MR) is 143 cm³/mol. The molecule has 1 aliphatic heterocycles. The summed E-state index contributed by atoms with van der Waals surface area (Å²) >= 11 is 1.36. The number of aliphatic hydroxyl groups excluding tert-OH is 1. The van der Waals surface area contributed by atoms with E-state index in [4.69, 9.17) is 9.72 Å². The van der Waals surface area contributed by atoms with Crippen LogP contribution in [0.1, 0.15) is 40.8 Å². The normalized spacial score (nSPS) is 17.2. The minimum Gasteiger partial charge on any atom is -0.507 e. The van der Waals surface area contributed by atoms with Crippen molar-refractivity contribution in [3.05, 3.63) is 94.1 Å². The minimum atomic E-state index is -0.830. The molecule has 1 fully saturated rings. The largest absolute Gasteiger partial charge is 0.507 e. The maximum absolute atomic E-state index is 13.5. The van der Waals surface area contributed by atoms with Crippen LogP contribution in [0.4, 0.5) is 5.13 Å². The van der Waals surface area contributed by atoms with Crippen molar-refractivity contribution in [3.63, 3.8) is 0 Å². The van der Waals surface area contributed by atoms with Gasteiger partial charge in [-0.15, -0.1) is 0 Å². The molecule has 4 aromatic rings. The number of benzene rings is 3. The fraction of sp³-hybridized carbons (Fsp3) is 0.207. The van der Waals surface area contributed by atoms with Gasteiger partial charge in [-0.25, -0.2) is 4.98 Å². The molecule has 182 valence electrons. The van der Waals surface area contributed by atoms with Gasteiger partial charge >= 0.3 is 5.91 Å². The van der Waals surface area contributed by atoms with Gasteiger partial charge in [-0.2, -0.15) is 0 Å². The molecule has 2 heterocycles. The summed E-state index contributed by atoms with van der Waals surface area (Å²) in [5, 5.41) is 11.7. The Morgan fingerprint density at radius 3 is 2.36 bits per heavy atom. The maximum atomic E-state index is 13.5. The lowest BCUT2D eigenvalue weighted by Gasteiger charge is -2.23. The second kappa shape index (κ2) is 9.24. The van der Waals surface area contributed by atoms with E-state index >= 15 is 0 Å². The summed E-state index contributed by atoms with van der Waals surface area (Å²) in [5.74, 6) is -0.971. The van der Waals surface area contributed by atoms with Crippen molar-refractivity contribution in [2.24, 2.45) is 0 Å². The number of fused-ring (bicyclic) bond motifs is 1. The number of carbonyl (C=O) groups excluding carboxylic acids is 2. The first-order valence-electron chi connectivity index (χ1n) is 11.8. The fourth-order valence-corrected chi connectivity index (χ4v) is 5.76. The lowest BCUT2D eigenvalue weighted by Crippen LogP contribution is -2.29. The van der Waals surface area contributed by atoms with E-state index in [1.807, 2.05) is 64.1 Å². The number of carbonyl (C=O) groups is 2. The molecule has 1 N–H and O–H groups in total. The fourth-order valence-electron chi connectivity index (χ4n) is 4.59. The number of aromatic nitrogens is 1. The van der Waals surface area contributed by atoms with Crippen molar-refractivity contribution in [1.82, 2.24) is 4.98 Å². The summed E-state index contributed by atoms with van der Waals surface area (Å²) in [4.78, 5) is 33.0. The average Bonchev–Trinajstić information content (AvgIpc) is 3.38. The number of hydrogen-bond donors (Lipinski definition) is 1. The number of Topliss-reactive ketones (excluding diaryl/α,β-unsaturated/α-hetero) is 1. The van der Waals surface area contributed by atoms with E-state index < -0.39 is 17.7 Å². The first kappa shape index (κ1) is 23.8. The molecule has 0 bridgehead atoms. The van der Waals surface area contributed by atoms with Crippen molar-refractivity contribution < 1.29 is 19.4 Å². The van der Waals surface area contributed by atoms with Gasteiger partial charge in [-0.1, -0.05) is 59.4 Å². The van der Waals surface area contributed by atoms with Crippen molar-refractivity contribution in [3.8, 4) is 5.75 Å². The molecule has 1 saturated heterocycles. The molecule has 6 nitrogen and oxygen atoms in total. The SMILES string of the molecule is CCOc1ccc([C@H]2C(=C(O)c3ccc(C)cc3)C(=O)C(=O)N2c2nc3c(C)cc(C)cc3s2)cc1. The Kier molecular flexibility index (Phi) is 6.10. The lowest BCUT2D eigenvalue weighted by molar-refractivity contribution is -0.132. The molecule has 1 amide bonds. The standard InChI is InChI=1S/C29H26N2O4S/c1-5-35-21-12-10-19(11-13-21)25-23(26(32)20-8-6-16(2)7-9-20)27(33)28(34)31(25)29-30-24-18(4)14-17(3)15-22(24)36-29/h6-15,25,32H,5H2,1-4H3/t25-/m0/s1. The van der Waals surface area contributed by atoms with Crippen molar-refractivity contribution in [2.75, 3.05) is 11.5 Å². The summed E-state index contributed by atoms with van der Waals surface area (Å²) in [6, 6.07) is 17.7. The molecule has 5 rings (SSSR count). The van der Waals surface area contributed by atoms with Gasteiger partial charge in [0.15, 0.2) is 5.13 Å². The minimum absolute atomic E-state index is 0.0418. The number of aliphatic hydroxyl groups is 1. The number of ether oxygens (including phenoxy) is 1. The third-order valence-corrected chi connectivity index (χ3v) is 7.30. The zero-order chi connectivity index (χ0) is 25.6. The first-order valence-corrected chi connectivity index (χ1v) is 12.6. The summed E-state index contributed by atoms with van der Waals surface area (Å²) in [7, 11) is 0. The number of nitrogens with zero attached hydrogens (tertiary/aromatic N) is 2. The summed E-state index contributed by atoms with van der Waals surface area (Å²) in [6.07, 6.45) is 0. The van der Waals surface area contributed by atoms with Crippen LogP contribution in [-0.2, 0) is 9.59 Å². The highest BCUT2D eigenvalue weighted by Crippen LogP contribution is 2.45. The van der Waals surface area contributed by atoms with E-state index in [2.05, 4.69) is 0 Å². The number of anilines is 1. The highest BCUT2D eigenvalue weighted by molar-refractivity contribution is 7.22. The monoisotopic (exact) mass is 498 g/mol. The number of rotatable bonds is 5. The van der Waals surface area contributed by atoms with Crippen LogP contribution in [0.15, 0.2) is 66.2 Å². The van der Waals surface area contributed by atoms with Crippen molar-refractivity contribution >= 4 is 44.1 Å². The van der Waals surface area contributed by atoms with Crippen LogP contribution >= 0.6 is 11.3 Å². The second-order valence-corrected chi connectivity index (χ2v) is 9.97. The Morgan fingerprint density at radius 1 is 1.00 bits per heavy atom. The molecule has 1 aromatic heterocycles. The number of thiazole rings is 1. The van der Waals surface area contributed by atoms with Crippen molar-refractivity contribution in [2.45, 2.75) is 33.7 Å². The van der Waals surface area contributed by atoms with Gasteiger partial charge in [-0.05, 0) is 62.6 Å². The molecule has 0 aliphatic carbocycles. The third-order valence-electron chi connectivity index (χ3n) is 6.30. The van der Waals surface area contributed by atoms with Gasteiger partial charge in [0.05, 0.1) is 28.4 Å². The van der Waals surface area contributed by atoms with E-state index in [1.165, 1.54) is 16.2 Å². The van der Waals surface area contributed by atoms with E-state index in [9.17, 15) is 14.7 Å². The van der Waals surface area contributed by atoms with Gasteiger partial charge in [0.25, 0.3) is 5.78 Å². The number of ketones is 1. The van der Waals surface area contributed by atoms with E-state index in [0.29, 0.717) is 28.6 Å². The summed E-state index contributed by atoms with van der Waals surface area (Å²) in [5.41, 5.74) is 5.12. The quantitative estimate of drug-likeness (QED) is 0.200. The van der Waals surface area contributed by atoms with Crippen LogP contribution in [0.5, 0.6) is 5.75 Å². The third kappa shape index (κ3) is 4.05. The Bertz CT molecular complexity index is 1520. The Hall–Kier alpha value is -3.97. The van der Waals surface area contributed by atoms with Crippen LogP contribution in [0.2, 0.25) is 0 Å². The Morgan fingerprint density at radius 2 is 1.69 bits per heavy atom. The topological polar surface area (TPSA) is 79.7 Å². The molecule has 1 aliphatic rings. The molecule has 1 atom stereocenters. The molecule has 0 radical (unpaired) electrons. The lowest BCUT2D eigenvalue weighted by atomic mass is 9.95. The molecule has 7 heteroatoms. The van der Waals surface area contributed by atoms with Gasteiger partial charge < -0.3 is 9.84 Å². The van der Waals surface area contributed by atoms with Crippen LogP contribution < -0.4 is 9.64 Å². The Labute approximate surface area is 213 Å². The van der Waals surface area contributed by atoms with Crippen LogP contribution in [-0.4, -0.2) is 28.4 Å². The van der Waals surface area contributed by atoms with Gasteiger partial charge in [-0.3, -0.25) is 14.5 Å². The molecule has 3 aromatic carbocycles. The highest BCUT2D eigenvalue weighted by atomic mass is 32.1. The average molecular weight is 499 g/mol. The van der Waals surface area contributed by atoms with Crippen molar-refractivity contribution in [1.29, 1.82) is 0 Å². The van der Waals surface area contributed by atoms with Crippen LogP contribution in [0, 0.1) is 20.8 Å². The predicted octanol–water partition coefficient (Wildman–Crippen LogP) is 6.25. The second-order valence-electron chi connectivity index (χ2n) is 8.96. The maximum Gasteiger partial charge on any atom is 0.301 e. The summed E-state index contributed by atoms with van der Waals surface area (Å²) in [6.45, 7) is 8.37. The molecule has 0 unspecified atom stereocenters. The van der Waals surface area contributed by atoms with E-state index in [0.717, 1.165) is 26.9 Å². The van der Waals surface area contributed by atoms with Gasteiger partial charge in [0.2, 0.25) is 0 Å². The first-order chi connectivity index (χ1) is 17.3. The molecule has 0 saturated carbocycles. The number of amides is 1. The Balaban J connectivity index is 1.71. The zero-order valence-electron chi connectivity index (χ0n) is 20.5. The smallest absolute Gasteiger partial charge is 0.301 e. The van der Waals surface area contributed by atoms with Crippen LogP contribution in [0.3, 0.4) is 0 Å². The van der Waals surface area contributed by atoms with Gasteiger partial charge in [0, 0.05) is 5.56 Å². The van der Waals surface area contributed by atoms with Crippen LogP contribution in [0.25, 0.3) is 16.0 Å². The number of hydrogen-bond acceptors (Lipinski definition) is 6. The zero-order valence-corrected chi connectivity index (χ0v) is 21.3. The molecule has 0 spiro atoms. The molecular formula is C29H26N2O4S. The molecular weight excluding hydrogens is 472 g/mol. The van der Waals surface area contributed by atoms with E-state index in [1.54, 1.807) is 24.3 Å². The number of aryl methyl sites for hydroxylation is 3. The highest BCUT2D eigenvalue weighted by Gasteiger charge is 2.48. The molecule has 36 heavy (non-hydrogen) atoms. The van der Waals surface area contributed by atoms with Gasteiger partial charge in [0.1, 0.15) is 11.5 Å². The van der Waals surface area contributed by atoms with E-state index in [-0.39, 0.29) is 11.3 Å².